The van der Waals surface area contributed by atoms with Crippen molar-refractivity contribution in [3.8, 4) is 5.75 Å². The zero-order valence-corrected chi connectivity index (χ0v) is 12.8. The molecule has 0 amide bonds. The summed E-state index contributed by atoms with van der Waals surface area (Å²) in [6.07, 6.45) is 0. The molecular weight excluding hydrogens is 296 g/mol. The lowest BCUT2D eigenvalue weighted by Gasteiger charge is -2.13. The molecule has 3 nitrogen and oxygen atoms in total. The van der Waals surface area contributed by atoms with E-state index in [-0.39, 0.29) is 10.8 Å². The van der Waals surface area contributed by atoms with Gasteiger partial charge in [-0.3, -0.25) is 0 Å². The van der Waals surface area contributed by atoms with Crippen LogP contribution >= 0.6 is 11.6 Å². The first-order valence-corrected chi connectivity index (χ1v) is 7.98. The van der Waals surface area contributed by atoms with Gasteiger partial charge in [0.05, 0.1) is 0 Å². The Kier molecular flexibility index (Phi) is 4.35. The Bertz CT molecular complexity index is 691. The van der Waals surface area contributed by atoms with Gasteiger partial charge in [-0.05, 0) is 41.8 Å². The Balaban J connectivity index is 2.36. The van der Waals surface area contributed by atoms with E-state index < -0.39 is 10.1 Å². The third kappa shape index (κ3) is 3.32. The maximum atomic E-state index is 12.2. The smallest absolute Gasteiger partial charge is 0.339 e. The van der Waals surface area contributed by atoms with Gasteiger partial charge in [0.2, 0.25) is 0 Å². The molecule has 2 aromatic rings. The molecular formula is C15H15ClO3S. The number of para-hydroxylation sites is 1. The minimum Gasteiger partial charge on any atom is -0.379 e. The van der Waals surface area contributed by atoms with Gasteiger partial charge >= 0.3 is 10.1 Å². The second kappa shape index (κ2) is 5.85. The van der Waals surface area contributed by atoms with Crippen LogP contribution in [0, 0.1) is 0 Å². The summed E-state index contributed by atoms with van der Waals surface area (Å²) in [5.41, 5.74) is 0.852. The molecule has 0 spiro atoms. The minimum absolute atomic E-state index is 0.0838. The van der Waals surface area contributed by atoms with Crippen LogP contribution in [0.5, 0.6) is 5.75 Å². The fraction of sp³-hybridized carbons (Fsp3) is 0.200. The molecule has 0 aliphatic heterocycles. The van der Waals surface area contributed by atoms with E-state index in [1.165, 1.54) is 24.3 Å². The molecule has 0 saturated carbocycles. The van der Waals surface area contributed by atoms with E-state index in [2.05, 4.69) is 0 Å². The largest absolute Gasteiger partial charge is 0.379 e. The molecule has 0 saturated heterocycles. The zero-order chi connectivity index (χ0) is 14.8. The summed E-state index contributed by atoms with van der Waals surface area (Å²) in [5, 5.41) is 0.478. The Hall–Kier alpha value is -1.52. The second-order valence-corrected chi connectivity index (χ2v) is 6.67. The van der Waals surface area contributed by atoms with E-state index in [1.54, 1.807) is 12.1 Å². The van der Waals surface area contributed by atoms with Crippen LogP contribution in [0.2, 0.25) is 5.02 Å². The number of hydrogen-bond donors (Lipinski definition) is 0. The minimum atomic E-state index is -3.84. The third-order valence-electron chi connectivity index (χ3n) is 2.84. The van der Waals surface area contributed by atoms with Gasteiger partial charge in [-0.25, -0.2) is 0 Å². The standard InChI is InChI=1S/C15H15ClO3S/c1-11(2)14-5-3-4-6-15(14)19-20(17,18)13-9-7-12(16)8-10-13/h3-11H,1-2H3. The Morgan fingerprint density at radius 1 is 1.00 bits per heavy atom. The fourth-order valence-corrected chi connectivity index (χ4v) is 2.88. The molecule has 2 aromatic carbocycles. The van der Waals surface area contributed by atoms with Crippen LogP contribution in [0.1, 0.15) is 25.3 Å². The molecule has 0 N–H and O–H groups in total. The topological polar surface area (TPSA) is 43.4 Å². The van der Waals surface area contributed by atoms with Gasteiger partial charge in [0.1, 0.15) is 10.6 Å². The highest BCUT2D eigenvalue weighted by Gasteiger charge is 2.19. The van der Waals surface area contributed by atoms with Gasteiger partial charge < -0.3 is 4.18 Å². The van der Waals surface area contributed by atoms with Crippen molar-refractivity contribution in [1.29, 1.82) is 0 Å². The maximum Gasteiger partial charge on any atom is 0.339 e. The number of halogens is 1. The lowest BCUT2D eigenvalue weighted by Crippen LogP contribution is -2.11. The molecule has 2 rings (SSSR count). The monoisotopic (exact) mass is 310 g/mol. The molecule has 0 unspecified atom stereocenters. The van der Waals surface area contributed by atoms with Crippen LogP contribution in [-0.4, -0.2) is 8.42 Å². The van der Waals surface area contributed by atoms with Gasteiger partial charge in [0, 0.05) is 5.02 Å². The van der Waals surface area contributed by atoms with Crippen LogP contribution in [0.25, 0.3) is 0 Å². The first-order chi connectivity index (χ1) is 9.40. The summed E-state index contributed by atoms with van der Waals surface area (Å²) in [7, 11) is -3.84. The summed E-state index contributed by atoms with van der Waals surface area (Å²) < 4.78 is 29.7. The fourth-order valence-electron chi connectivity index (χ4n) is 1.80. The third-order valence-corrected chi connectivity index (χ3v) is 4.34. The van der Waals surface area contributed by atoms with Crippen molar-refractivity contribution >= 4 is 21.7 Å². The summed E-state index contributed by atoms with van der Waals surface area (Å²) >= 11 is 5.75. The van der Waals surface area contributed by atoms with Gasteiger partial charge in [-0.2, -0.15) is 8.42 Å². The number of rotatable bonds is 4. The maximum absolute atomic E-state index is 12.2. The Morgan fingerprint density at radius 3 is 2.20 bits per heavy atom. The van der Waals surface area contributed by atoms with Gasteiger partial charge in [0.15, 0.2) is 0 Å². The number of hydrogen-bond acceptors (Lipinski definition) is 3. The van der Waals surface area contributed by atoms with Crippen LogP contribution in [-0.2, 0) is 10.1 Å². The molecule has 5 heteroatoms. The molecule has 0 aliphatic carbocycles. The molecule has 0 aromatic heterocycles. The van der Waals surface area contributed by atoms with Crippen LogP contribution in [0.15, 0.2) is 53.4 Å². The molecule has 0 heterocycles. The quantitative estimate of drug-likeness (QED) is 0.794. The predicted octanol–water partition coefficient (Wildman–Crippen LogP) is 4.23. The van der Waals surface area contributed by atoms with Crippen LogP contribution in [0.3, 0.4) is 0 Å². The highest BCUT2D eigenvalue weighted by molar-refractivity contribution is 7.87. The number of benzene rings is 2. The first-order valence-electron chi connectivity index (χ1n) is 6.19. The van der Waals surface area contributed by atoms with Crippen molar-refractivity contribution in [3.63, 3.8) is 0 Å². The zero-order valence-electron chi connectivity index (χ0n) is 11.2. The van der Waals surface area contributed by atoms with Gasteiger partial charge in [-0.1, -0.05) is 43.6 Å². The molecule has 20 heavy (non-hydrogen) atoms. The molecule has 0 fully saturated rings. The lowest BCUT2D eigenvalue weighted by atomic mass is 10.0. The molecule has 0 bridgehead atoms. The predicted molar refractivity (Wildman–Crippen MR) is 79.8 cm³/mol. The normalized spacial score (nSPS) is 11.6. The first kappa shape index (κ1) is 14.9. The van der Waals surface area contributed by atoms with E-state index in [4.69, 9.17) is 15.8 Å². The van der Waals surface area contributed by atoms with Crippen molar-refractivity contribution in [1.82, 2.24) is 0 Å². The van der Waals surface area contributed by atoms with Crippen LogP contribution < -0.4 is 4.18 Å². The van der Waals surface area contributed by atoms with E-state index in [9.17, 15) is 8.42 Å². The van der Waals surface area contributed by atoms with Crippen molar-refractivity contribution in [3.05, 3.63) is 59.1 Å². The molecule has 106 valence electrons. The summed E-state index contributed by atoms with van der Waals surface area (Å²) in [5.74, 6) is 0.532. The molecule has 0 aliphatic rings. The van der Waals surface area contributed by atoms with Crippen molar-refractivity contribution in [2.75, 3.05) is 0 Å². The van der Waals surface area contributed by atoms with Crippen molar-refractivity contribution in [2.24, 2.45) is 0 Å². The second-order valence-electron chi connectivity index (χ2n) is 4.68. The summed E-state index contributed by atoms with van der Waals surface area (Å²) in [6.45, 7) is 3.97. The van der Waals surface area contributed by atoms with E-state index in [0.717, 1.165) is 5.56 Å². The SMILES string of the molecule is CC(C)c1ccccc1OS(=O)(=O)c1ccc(Cl)cc1. The van der Waals surface area contributed by atoms with E-state index in [0.29, 0.717) is 10.8 Å². The van der Waals surface area contributed by atoms with E-state index in [1.807, 2.05) is 26.0 Å². The highest BCUT2D eigenvalue weighted by Crippen LogP contribution is 2.28. The van der Waals surface area contributed by atoms with Crippen molar-refractivity contribution in [2.45, 2.75) is 24.7 Å². The van der Waals surface area contributed by atoms with Gasteiger partial charge in [-0.15, -0.1) is 0 Å². The van der Waals surface area contributed by atoms with Gasteiger partial charge in [0.25, 0.3) is 0 Å². The Morgan fingerprint density at radius 2 is 1.60 bits per heavy atom. The molecule has 0 atom stereocenters. The van der Waals surface area contributed by atoms with Crippen molar-refractivity contribution < 1.29 is 12.6 Å². The average Bonchev–Trinajstić information content (AvgIpc) is 2.39. The average molecular weight is 311 g/mol. The van der Waals surface area contributed by atoms with E-state index >= 15 is 0 Å². The van der Waals surface area contributed by atoms with Crippen LogP contribution in [0.4, 0.5) is 0 Å². The lowest BCUT2D eigenvalue weighted by molar-refractivity contribution is 0.481. The highest BCUT2D eigenvalue weighted by atomic mass is 35.5. The Labute approximate surface area is 124 Å². The molecule has 0 radical (unpaired) electrons. The summed E-state index contributed by atoms with van der Waals surface area (Å²) in [4.78, 5) is 0.0838. The summed E-state index contributed by atoms with van der Waals surface area (Å²) in [6, 6.07) is 13.0.